The summed E-state index contributed by atoms with van der Waals surface area (Å²) in [4.78, 5) is 30.2. The first kappa shape index (κ1) is 19.8. The summed E-state index contributed by atoms with van der Waals surface area (Å²) in [7, 11) is 0. The number of amides is 1. The van der Waals surface area contributed by atoms with Crippen molar-refractivity contribution >= 4 is 33.9 Å². The van der Waals surface area contributed by atoms with Crippen LogP contribution in [0.2, 0.25) is 0 Å². The van der Waals surface area contributed by atoms with E-state index in [0.717, 1.165) is 11.3 Å². The Morgan fingerprint density at radius 2 is 1.83 bits per heavy atom. The second-order valence-corrected chi connectivity index (χ2v) is 7.53. The molecule has 0 aliphatic rings. The molecule has 1 amide bonds. The van der Waals surface area contributed by atoms with E-state index in [4.69, 9.17) is 4.74 Å². The van der Waals surface area contributed by atoms with Crippen LogP contribution in [0.3, 0.4) is 0 Å². The normalized spacial score (nSPS) is 10.9. The lowest BCUT2D eigenvalue weighted by Gasteiger charge is -2.06. The fraction of sp³-hybridized carbons (Fsp3) is 0.136. The lowest BCUT2D eigenvalue weighted by molar-refractivity contribution is 0.0526. The third-order valence-corrected chi connectivity index (χ3v) is 5.71. The maximum atomic E-state index is 13.1. The van der Waals surface area contributed by atoms with Gasteiger partial charge in [-0.3, -0.25) is 9.20 Å². The minimum Gasteiger partial charge on any atom is -0.462 e. The van der Waals surface area contributed by atoms with Crippen LogP contribution >= 0.6 is 11.3 Å². The molecular formula is C22H18FN3O3S. The van der Waals surface area contributed by atoms with Crippen molar-refractivity contribution in [2.45, 2.75) is 13.8 Å². The van der Waals surface area contributed by atoms with Crippen molar-refractivity contribution in [3.05, 3.63) is 76.7 Å². The van der Waals surface area contributed by atoms with E-state index in [-0.39, 0.29) is 11.7 Å². The molecule has 2 aromatic heterocycles. The first-order valence-electron chi connectivity index (χ1n) is 9.29. The molecule has 0 spiro atoms. The minimum absolute atomic E-state index is 0.254. The lowest BCUT2D eigenvalue weighted by Crippen LogP contribution is -2.12. The van der Waals surface area contributed by atoms with Crippen molar-refractivity contribution in [3.8, 4) is 11.3 Å². The fourth-order valence-electron chi connectivity index (χ4n) is 3.01. The van der Waals surface area contributed by atoms with E-state index in [9.17, 15) is 14.0 Å². The van der Waals surface area contributed by atoms with E-state index in [1.165, 1.54) is 23.5 Å². The number of aromatic nitrogens is 2. The van der Waals surface area contributed by atoms with Gasteiger partial charge in [-0.25, -0.2) is 14.2 Å². The zero-order chi connectivity index (χ0) is 21.3. The van der Waals surface area contributed by atoms with Crippen molar-refractivity contribution < 1.29 is 18.7 Å². The van der Waals surface area contributed by atoms with Crippen LogP contribution in [0.15, 0.2) is 54.7 Å². The molecule has 2 aromatic carbocycles. The number of aryl methyl sites for hydroxylation is 1. The molecule has 0 fully saturated rings. The van der Waals surface area contributed by atoms with Gasteiger partial charge in [0.05, 0.1) is 17.9 Å². The zero-order valence-corrected chi connectivity index (χ0v) is 17.1. The Morgan fingerprint density at radius 3 is 2.47 bits per heavy atom. The van der Waals surface area contributed by atoms with E-state index in [2.05, 4.69) is 10.3 Å². The van der Waals surface area contributed by atoms with E-state index < -0.39 is 5.97 Å². The van der Waals surface area contributed by atoms with Gasteiger partial charge in [-0.15, -0.1) is 0 Å². The summed E-state index contributed by atoms with van der Waals surface area (Å²) >= 11 is 1.28. The molecule has 0 atom stereocenters. The topological polar surface area (TPSA) is 72.7 Å². The smallest absolute Gasteiger partial charge is 0.338 e. The van der Waals surface area contributed by atoms with Crippen LogP contribution in [0, 0.1) is 12.7 Å². The molecule has 152 valence electrons. The minimum atomic E-state index is -0.400. The number of nitrogens with zero attached hydrogens (tertiary/aromatic N) is 2. The highest BCUT2D eigenvalue weighted by molar-refractivity contribution is 7.19. The van der Waals surface area contributed by atoms with E-state index >= 15 is 0 Å². The second-order valence-electron chi connectivity index (χ2n) is 6.55. The highest BCUT2D eigenvalue weighted by Crippen LogP contribution is 2.28. The number of rotatable bonds is 5. The summed E-state index contributed by atoms with van der Waals surface area (Å²) in [5, 5.41) is 2.84. The van der Waals surface area contributed by atoms with Gasteiger partial charge in [-0.1, -0.05) is 11.3 Å². The van der Waals surface area contributed by atoms with Gasteiger partial charge in [0, 0.05) is 23.1 Å². The molecule has 0 aliphatic carbocycles. The highest BCUT2D eigenvalue weighted by atomic mass is 32.1. The van der Waals surface area contributed by atoms with Gasteiger partial charge in [-0.05, 0) is 62.4 Å². The zero-order valence-electron chi connectivity index (χ0n) is 16.3. The van der Waals surface area contributed by atoms with Gasteiger partial charge in [-0.2, -0.15) is 0 Å². The van der Waals surface area contributed by atoms with Crippen LogP contribution in [0.25, 0.3) is 16.2 Å². The highest BCUT2D eigenvalue weighted by Gasteiger charge is 2.18. The number of anilines is 1. The molecular weight excluding hydrogens is 405 g/mol. The number of fused-ring (bicyclic) bond motifs is 1. The molecule has 6 nitrogen and oxygen atoms in total. The number of carbonyl (C=O) groups excluding carboxylic acids is 2. The average molecular weight is 423 g/mol. The van der Waals surface area contributed by atoms with Gasteiger partial charge in [0.15, 0.2) is 4.96 Å². The number of imidazole rings is 1. The SMILES string of the molecule is CCOC(=O)c1ccc(NC(=O)c2sc3nc(-c4ccc(F)cc4)cn3c2C)cc1. The standard InChI is InChI=1S/C22H18FN3O3S/c1-3-29-21(28)15-6-10-17(11-7-15)24-20(27)19-13(2)26-12-18(25-22(26)30-19)14-4-8-16(23)9-5-14/h4-12H,3H2,1-2H3,(H,24,27). The van der Waals surface area contributed by atoms with Crippen LogP contribution in [-0.2, 0) is 4.74 Å². The molecule has 30 heavy (non-hydrogen) atoms. The van der Waals surface area contributed by atoms with E-state index in [1.807, 2.05) is 17.5 Å². The maximum absolute atomic E-state index is 13.1. The Kier molecular flexibility index (Phi) is 5.33. The molecule has 4 aromatic rings. The molecule has 0 bridgehead atoms. The van der Waals surface area contributed by atoms with Gasteiger partial charge in [0.25, 0.3) is 5.91 Å². The van der Waals surface area contributed by atoms with Crippen molar-refractivity contribution in [2.24, 2.45) is 0 Å². The van der Waals surface area contributed by atoms with Crippen LogP contribution in [-0.4, -0.2) is 27.9 Å². The third-order valence-electron chi connectivity index (χ3n) is 4.56. The van der Waals surface area contributed by atoms with E-state index in [1.54, 1.807) is 43.3 Å². The van der Waals surface area contributed by atoms with Gasteiger partial charge in [0.1, 0.15) is 10.7 Å². The second kappa shape index (κ2) is 8.08. The number of thiazole rings is 1. The Balaban J connectivity index is 1.53. The Hall–Kier alpha value is -3.52. The fourth-order valence-corrected chi connectivity index (χ4v) is 4.02. The van der Waals surface area contributed by atoms with Crippen molar-refractivity contribution in [1.29, 1.82) is 0 Å². The van der Waals surface area contributed by atoms with Crippen molar-refractivity contribution in [2.75, 3.05) is 11.9 Å². The Morgan fingerprint density at radius 1 is 1.13 bits per heavy atom. The summed E-state index contributed by atoms with van der Waals surface area (Å²) in [5.41, 5.74) is 3.28. The first-order valence-corrected chi connectivity index (χ1v) is 10.1. The molecule has 1 N–H and O–H groups in total. The Labute approximate surface area is 176 Å². The average Bonchev–Trinajstić information content (AvgIpc) is 3.29. The summed E-state index contributed by atoms with van der Waals surface area (Å²) in [6.07, 6.45) is 1.83. The lowest BCUT2D eigenvalue weighted by atomic mass is 10.2. The quantitative estimate of drug-likeness (QED) is 0.462. The molecule has 0 aliphatic heterocycles. The number of halogens is 1. The van der Waals surface area contributed by atoms with Crippen LogP contribution < -0.4 is 5.32 Å². The maximum Gasteiger partial charge on any atom is 0.338 e. The third kappa shape index (κ3) is 3.81. The van der Waals surface area contributed by atoms with Crippen LogP contribution in [0.5, 0.6) is 0 Å². The summed E-state index contributed by atoms with van der Waals surface area (Å²) in [5.74, 6) is -0.955. The molecule has 2 heterocycles. The molecule has 0 saturated carbocycles. The number of hydrogen-bond acceptors (Lipinski definition) is 5. The van der Waals surface area contributed by atoms with Gasteiger partial charge in [0.2, 0.25) is 0 Å². The van der Waals surface area contributed by atoms with Gasteiger partial charge < -0.3 is 10.1 Å². The largest absolute Gasteiger partial charge is 0.462 e. The van der Waals surface area contributed by atoms with Crippen molar-refractivity contribution in [3.63, 3.8) is 0 Å². The number of nitrogens with one attached hydrogen (secondary N) is 1. The van der Waals surface area contributed by atoms with Crippen LogP contribution in [0.1, 0.15) is 32.6 Å². The summed E-state index contributed by atoms with van der Waals surface area (Å²) in [6, 6.07) is 12.7. The molecule has 0 radical (unpaired) electrons. The monoisotopic (exact) mass is 423 g/mol. The number of ether oxygens (including phenoxy) is 1. The summed E-state index contributed by atoms with van der Waals surface area (Å²) < 4.78 is 19.9. The number of hydrogen-bond donors (Lipinski definition) is 1. The molecule has 0 saturated heterocycles. The van der Waals surface area contributed by atoms with Crippen molar-refractivity contribution in [1.82, 2.24) is 9.38 Å². The summed E-state index contributed by atoms with van der Waals surface area (Å²) in [6.45, 7) is 3.90. The predicted octanol–water partition coefficient (Wildman–Crippen LogP) is 4.94. The molecule has 0 unspecified atom stereocenters. The first-order chi connectivity index (χ1) is 14.5. The number of benzene rings is 2. The van der Waals surface area contributed by atoms with Gasteiger partial charge >= 0.3 is 5.97 Å². The van der Waals surface area contributed by atoms with E-state index in [0.29, 0.717) is 33.4 Å². The molecule has 4 rings (SSSR count). The number of esters is 1. The predicted molar refractivity (Wildman–Crippen MR) is 114 cm³/mol. The Bertz CT molecular complexity index is 1230. The molecule has 8 heteroatoms. The van der Waals surface area contributed by atoms with Crippen LogP contribution in [0.4, 0.5) is 10.1 Å². The number of carbonyl (C=O) groups is 2.